The lowest BCUT2D eigenvalue weighted by atomic mass is 9.87. The second kappa shape index (κ2) is 13.9. The first-order valence-corrected chi connectivity index (χ1v) is 14.9. The van der Waals surface area contributed by atoms with Crippen LogP contribution in [0.5, 0.6) is 0 Å². The molecule has 2 heterocycles. The predicted molar refractivity (Wildman–Crippen MR) is 162 cm³/mol. The molecule has 37 heavy (non-hydrogen) atoms. The predicted octanol–water partition coefficient (Wildman–Crippen LogP) is 8.77. The number of aromatic amines is 1. The van der Waals surface area contributed by atoms with Gasteiger partial charge in [-0.15, -0.1) is 0 Å². The van der Waals surface area contributed by atoms with Crippen LogP contribution in [0.4, 0.5) is 0 Å². The summed E-state index contributed by atoms with van der Waals surface area (Å²) in [6.07, 6.45) is 5.94. The molecule has 2 aromatic carbocycles. The Morgan fingerprint density at radius 3 is 2.03 bits per heavy atom. The summed E-state index contributed by atoms with van der Waals surface area (Å²) in [4.78, 5) is 4.50. The Hall–Kier alpha value is -2.43. The number of fused-ring (bicyclic) bond motifs is 1. The van der Waals surface area contributed by atoms with E-state index in [4.69, 9.17) is 0 Å². The van der Waals surface area contributed by atoms with E-state index >= 15 is 0 Å². The van der Waals surface area contributed by atoms with Crippen molar-refractivity contribution in [1.82, 2.24) is 9.29 Å². The monoisotopic (exact) mass is 520 g/mol. The first-order chi connectivity index (χ1) is 17.6. The zero-order valence-electron chi connectivity index (χ0n) is 24.7. The molecular weight excluding hydrogens is 472 g/mol. The second-order valence-electron chi connectivity index (χ2n) is 10.3. The summed E-state index contributed by atoms with van der Waals surface area (Å²) >= 11 is 0. The molecule has 2 atom stereocenters. The summed E-state index contributed by atoms with van der Waals surface area (Å²) in [5.41, 5.74) is 9.00. The maximum Gasteiger partial charge on any atom is 0.128 e. The van der Waals surface area contributed by atoms with Crippen LogP contribution in [0.15, 0.2) is 65.6 Å². The summed E-state index contributed by atoms with van der Waals surface area (Å²) in [6, 6.07) is 17.1. The molecule has 3 nitrogen and oxygen atoms in total. The number of hydrogen-bond donors (Lipinski definition) is 1. The maximum absolute atomic E-state index is 13.8. The highest BCUT2D eigenvalue weighted by Gasteiger charge is 2.35. The van der Waals surface area contributed by atoms with Crippen molar-refractivity contribution in [2.45, 2.75) is 98.4 Å². The molecule has 0 saturated carbocycles. The van der Waals surface area contributed by atoms with Gasteiger partial charge in [0.2, 0.25) is 0 Å². The van der Waals surface area contributed by atoms with Crippen LogP contribution < -0.4 is 0 Å². The molecule has 4 rings (SSSR count). The minimum atomic E-state index is -1.23. The molecule has 0 bridgehead atoms. The van der Waals surface area contributed by atoms with E-state index in [1.54, 1.807) is 0 Å². The molecule has 0 spiro atoms. The SMILES string of the molecule is C/C=C\C.CC.CCc1ccc(C2c3[nH]c(C)c(C)c3CCN2S(=O)c2ccc(C(C)(C)C)cc2)cc1. The Labute approximate surface area is 229 Å². The molecule has 1 N–H and O–H groups in total. The van der Waals surface area contributed by atoms with Gasteiger partial charge in [-0.1, -0.05) is 90.1 Å². The average Bonchev–Trinajstić information content (AvgIpc) is 3.21. The first kappa shape index (κ1) is 30.8. The highest BCUT2D eigenvalue weighted by Crippen LogP contribution is 2.39. The standard InChI is InChI=1S/C27H34N2OS.C4H8.C2H6/c1-7-20-8-10-21(11-9-20)26-25-24(18(2)19(3)28-25)16-17-29(26)31(30)23-14-12-22(13-15-23)27(4,5)6;1-3-4-2;1-2/h8-15,26,28H,7,16-17H2,1-6H3;3-4H,1-2H3;1-2H3/b;4-3-;. The fraction of sp³-hybridized carbons (Fsp3) is 0.455. The van der Waals surface area contributed by atoms with E-state index in [2.05, 4.69) is 87.2 Å². The van der Waals surface area contributed by atoms with Gasteiger partial charge in [-0.3, -0.25) is 0 Å². The zero-order valence-corrected chi connectivity index (χ0v) is 25.6. The van der Waals surface area contributed by atoms with E-state index in [0.29, 0.717) is 0 Å². The molecule has 2 unspecified atom stereocenters. The van der Waals surface area contributed by atoms with Crippen LogP contribution >= 0.6 is 0 Å². The summed E-state index contributed by atoms with van der Waals surface area (Å²) in [7, 11) is -1.23. The van der Waals surface area contributed by atoms with Crippen molar-refractivity contribution in [2.24, 2.45) is 0 Å². The topological polar surface area (TPSA) is 36.1 Å². The van der Waals surface area contributed by atoms with E-state index in [0.717, 1.165) is 24.3 Å². The lowest BCUT2D eigenvalue weighted by molar-refractivity contribution is 0.360. The molecule has 1 aromatic heterocycles. The number of aromatic nitrogens is 1. The normalized spacial score (nSPS) is 16.3. The Kier molecular flexibility index (Phi) is 11.6. The fourth-order valence-electron chi connectivity index (χ4n) is 4.50. The molecule has 202 valence electrons. The quantitative estimate of drug-likeness (QED) is 0.343. The van der Waals surface area contributed by atoms with Gasteiger partial charge in [-0.2, -0.15) is 0 Å². The van der Waals surface area contributed by atoms with Gasteiger partial charge in [0, 0.05) is 17.9 Å². The summed E-state index contributed by atoms with van der Waals surface area (Å²) in [5, 5.41) is 0. The van der Waals surface area contributed by atoms with Crippen molar-refractivity contribution < 1.29 is 4.21 Å². The minimum absolute atomic E-state index is 0.0369. The van der Waals surface area contributed by atoms with E-state index in [1.165, 1.54) is 39.2 Å². The highest BCUT2D eigenvalue weighted by atomic mass is 32.2. The number of benzene rings is 2. The minimum Gasteiger partial charge on any atom is -0.360 e. The molecule has 0 saturated heterocycles. The largest absolute Gasteiger partial charge is 0.360 e. The number of aryl methyl sites for hydroxylation is 2. The Morgan fingerprint density at radius 2 is 1.54 bits per heavy atom. The van der Waals surface area contributed by atoms with E-state index < -0.39 is 11.0 Å². The maximum atomic E-state index is 13.8. The van der Waals surface area contributed by atoms with Crippen LogP contribution in [0.2, 0.25) is 0 Å². The number of nitrogens with zero attached hydrogens (tertiary/aromatic N) is 1. The van der Waals surface area contributed by atoms with E-state index in [-0.39, 0.29) is 11.5 Å². The van der Waals surface area contributed by atoms with Crippen LogP contribution in [-0.2, 0) is 29.2 Å². The highest BCUT2D eigenvalue weighted by molar-refractivity contribution is 7.82. The summed E-state index contributed by atoms with van der Waals surface area (Å²) < 4.78 is 15.9. The zero-order chi connectivity index (χ0) is 27.8. The average molecular weight is 521 g/mol. The number of nitrogens with one attached hydrogen (secondary N) is 1. The van der Waals surface area contributed by atoms with Crippen LogP contribution in [-0.4, -0.2) is 20.0 Å². The molecule has 0 amide bonds. The van der Waals surface area contributed by atoms with E-state index in [9.17, 15) is 4.21 Å². The smallest absolute Gasteiger partial charge is 0.128 e. The van der Waals surface area contributed by atoms with E-state index in [1.807, 2.05) is 52.0 Å². The number of H-pyrrole nitrogens is 1. The van der Waals surface area contributed by atoms with Crippen molar-refractivity contribution >= 4 is 11.0 Å². The van der Waals surface area contributed by atoms with Crippen molar-refractivity contribution in [1.29, 1.82) is 0 Å². The molecule has 0 radical (unpaired) electrons. The van der Waals surface area contributed by atoms with Gasteiger partial charge in [0.25, 0.3) is 0 Å². The molecule has 1 aliphatic heterocycles. The van der Waals surface area contributed by atoms with Crippen LogP contribution in [0.25, 0.3) is 0 Å². The van der Waals surface area contributed by atoms with Crippen molar-refractivity contribution in [2.75, 3.05) is 6.54 Å². The fourth-order valence-corrected chi connectivity index (χ4v) is 5.82. The van der Waals surface area contributed by atoms with Gasteiger partial charge >= 0.3 is 0 Å². The molecular formula is C33H48N2OS. The van der Waals surface area contributed by atoms with Gasteiger partial charge in [-0.25, -0.2) is 8.51 Å². The van der Waals surface area contributed by atoms with Crippen LogP contribution in [0.1, 0.15) is 101 Å². The summed E-state index contributed by atoms with van der Waals surface area (Å²) in [5.74, 6) is 0. The van der Waals surface area contributed by atoms with Gasteiger partial charge in [0.05, 0.1) is 10.9 Å². The van der Waals surface area contributed by atoms with Crippen molar-refractivity contribution in [3.05, 3.63) is 99.9 Å². The van der Waals surface area contributed by atoms with Gasteiger partial charge in [-0.05, 0) is 85.9 Å². The van der Waals surface area contributed by atoms with Gasteiger partial charge < -0.3 is 4.98 Å². The van der Waals surface area contributed by atoms with Crippen LogP contribution in [0.3, 0.4) is 0 Å². The summed E-state index contributed by atoms with van der Waals surface area (Å²) in [6.45, 7) is 21.9. The molecule has 1 aliphatic rings. The third kappa shape index (κ3) is 7.33. The number of hydrogen-bond acceptors (Lipinski definition) is 1. The third-order valence-corrected chi connectivity index (χ3v) is 8.47. The second-order valence-corrected chi connectivity index (χ2v) is 11.8. The first-order valence-electron chi connectivity index (χ1n) is 13.8. The Balaban J connectivity index is 0.000000733. The van der Waals surface area contributed by atoms with Crippen molar-refractivity contribution in [3.63, 3.8) is 0 Å². The van der Waals surface area contributed by atoms with Crippen molar-refractivity contribution in [3.8, 4) is 0 Å². The molecule has 0 aliphatic carbocycles. The lowest BCUT2D eigenvalue weighted by Crippen LogP contribution is -2.37. The van der Waals surface area contributed by atoms with Gasteiger partial charge in [0.1, 0.15) is 11.0 Å². The third-order valence-electron chi connectivity index (χ3n) is 6.98. The molecule has 3 aromatic rings. The number of rotatable bonds is 4. The van der Waals surface area contributed by atoms with Crippen LogP contribution in [0, 0.1) is 13.8 Å². The van der Waals surface area contributed by atoms with Gasteiger partial charge in [0.15, 0.2) is 0 Å². The molecule has 4 heteroatoms. The Morgan fingerprint density at radius 1 is 0.973 bits per heavy atom. The number of allylic oxidation sites excluding steroid dienone is 2. The molecule has 0 fully saturated rings. The lowest BCUT2D eigenvalue weighted by Gasteiger charge is -2.35. The Bertz CT molecular complexity index is 1160.